The summed E-state index contributed by atoms with van der Waals surface area (Å²) in [6.07, 6.45) is 0. The van der Waals surface area contributed by atoms with Gasteiger partial charge in [-0.05, 0) is 67.8 Å². The van der Waals surface area contributed by atoms with Crippen molar-refractivity contribution in [3.8, 4) is 5.75 Å². The van der Waals surface area contributed by atoms with E-state index in [1.807, 2.05) is 32.9 Å². The summed E-state index contributed by atoms with van der Waals surface area (Å²) >= 11 is 5.89. The van der Waals surface area contributed by atoms with Gasteiger partial charge in [0.15, 0.2) is 6.61 Å². The van der Waals surface area contributed by atoms with Gasteiger partial charge in [-0.3, -0.25) is 4.79 Å². The van der Waals surface area contributed by atoms with Crippen molar-refractivity contribution in [2.45, 2.75) is 20.8 Å². The number of carbonyl (C=O) groups excluding carboxylic acids is 1. The largest absolute Gasteiger partial charge is 0.483 e. The van der Waals surface area contributed by atoms with Crippen LogP contribution in [0.25, 0.3) is 0 Å². The van der Waals surface area contributed by atoms with Crippen LogP contribution in [0, 0.1) is 20.8 Å². The molecule has 3 N–H and O–H groups in total. The molecule has 0 aliphatic heterocycles. The third-order valence-electron chi connectivity index (χ3n) is 3.32. The third-order valence-corrected chi connectivity index (χ3v) is 3.55. The lowest BCUT2D eigenvalue weighted by Crippen LogP contribution is -2.21. The maximum Gasteiger partial charge on any atom is 0.262 e. The highest BCUT2D eigenvalue weighted by Crippen LogP contribution is 2.24. The first-order chi connectivity index (χ1) is 10.4. The Balaban J connectivity index is 2.02. The van der Waals surface area contributed by atoms with Crippen LogP contribution in [0.5, 0.6) is 5.75 Å². The molecule has 0 aliphatic rings. The first kappa shape index (κ1) is 16.2. The first-order valence-corrected chi connectivity index (χ1v) is 7.30. The molecule has 0 bridgehead atoms. The normalized spacial score (nSPS) is 10.4. The van der Waals surface area contributed by atoms with E-state index >= 15 is 0 Å². The van der Waals surface area contributed by atoms with Crippen LogP contribution in [0.3, 0.4) is 0 Å². The van der Waals surface area contributed by atoms with Crippen LogP contribution < -0.4 is 15.8 Å². The number of nitrogens with two attached hydrogens (primary N) is 1. The number of benzene rings is 2. The number of nitrogen functional groups attached to an aromatic ring is 1. The minimum atomic E-state index is -0.217. The first-order valence-electron chi connectivity index (χ1n) is 6.92. The molecule has 22 heavy (non-hydrogen) atoms. The van der Waals surface area contributed by atoms with Crippen LogP contribution in [0.1, 0.15) is 16.7 Å². The molecule has 0 radical (unpaired) electrons. The summed E-state index contributed by atoms with van der Waals surface area (Å²) < 4.78 is 5.53. The topological polar surface area (TPSA) is 64.3 Å². The van der Waals surface area contributed by atoms with Gasteiger partial charge < -0.3 is 15.8 Å². The van der Waals surface area contributed by atoms with E-state index in [1.165, 1.54) is 0 Å². The number of halogens is 1. The molecule has 4 nitrogen and oxygen atoms in total. The second kappa shape index (κ2) is 6.71. The lowest BCUT2D eigenvalue weighted by atomic mass is 10.1. The molecule has 0 fully saturated rings. The monoisotopic (exact) mass is 318 g/mol. The quantitative estimate of drug-likeness (QED) is 0.841. The third kappa shape index (κ3) is 3.92. The SMILES string of the molecule is Cc1cc(Cl)ccc1OCC(=O)Nc1c(C)cc(N)cc1C. The summed E-state index contributed by atoms with van der Waals surface area (Å²) in [4.78, 5) is 12.1. The van der Waals surface area contributed by atoms with E-state index in [9.17, 15) is 4.79 Å². The van der Waals surface area contributed by atoms with Crippen LogP contribution in [-0.4, -0.2) is 12.5 Å². The molecule has 1 amide bonds. The van der Waals surface area contributed by atoms with E-state index < -0.39 is 0 Å². The Labute approximate surface area is 135 Å². The number of ether oxygens (including phenoxy) is 1. The number of rotatable bonds is 4. The van der Waals surface area contributed by atoms with Crippen molar-refractivity contribution in [1.82, 2.24) is 0 Å². The fraction of sp³-hybridized carbons (Fsp3) is 0.235. The molecule has 0 atom stereocenters. The Kier molecular flexibility index (Phi) is 4.93. The van der Waals surface area contributed by atoms with Gasteiger partial charge in [0.1, 0.15) is 5.75 Å². The van der Waals surface area contributed by atoms with Gasteiger partial charge in [0.2, 0.25) is 0 Å². The van der Waals surface area contributed by atoms with E-state index in [0.29, 0.717) is 16.5 Å². The van der Waals surface area contributed by atoms with E-state index in [-0.39, 0.29) is 12.5 Å². The van der Waals surface area contributed by atoms with Crippen LogP contribution in [0.15, 0.2) is 30.3 Å². The average molecular weight is 319 g/mol. The van der Waals surface area contributed by atoms with Crippen molar-refractivity contribution in [1.29, 1.82) is 0 Å². The summed E-state index contributed by atoms with van der Waals surface area (Å²) in [6, 6.07) is 8.93. The molecule has 0 heterocycles. The predicted octanol–water partition coefficient (Wildman–Crippen LogP) is 3.86. The van der Waals surface area contributed by atoms with Crippen molar-refractivity contribution in [2.75, 3.05) is 17.7 Å². The smallest absolute Gasteiger partial charge is 0.262 e. The zero-order valence-electron chi connectivity index (χ0n) is 12.9. The van der Waals surface area contributed by atoms with Crippen LogP contribution in [-0.2, 0) is 4.79 Å². The number of nitrogens with one attached hydrogen (secondary N) is 1. The van der Waals surface area contributed by atoms with E-state index in [4.69, 9.17) is 22.1 Å². The van der Waals surface area contributed by atoms with Gasteiger partial charge in [0.25, 0.3) is 5.91 Å². The summed E-state index contributed by atoms with van der Waals surface area (Å²) in [5.41, 5.74) is 9.97. The summed E-state index contributed by atoms with van der Waals surface area (Å²) in [7, 11) is 0. The Hall–Kier alpha value is -2.20. The standard InChI is InChI=1S/C17H19ClN2O2/c1-10-6-13(18)4-5-15(10)22-9-16(21)20-17-11(2)7-14(19)8-12(17)3/h4-8H,9,19H2,1-3H3,(H,20,21). The van der Waals surface area contributed by atoms with Gasteiger partial charge in [-0.25, -0.2) is 0 Å². The number of carbonyl (C=O) groups is 1. The van der Waals surface area contributed by atoms with Crippen LogP contribution >= 0.6 is 11.6 Å². The average Bonchev–Trinajstić information content (AvgIpc) is 2.42. The number of aryl methyl sites for hydroxylation is 3. The molecular formula is C17H19ClN2O2. The molecule has 2 aromatic carbocycles. The minimum absolute atomic E-state index is 0.0638. The number of hydrogen-bond acceptors (Lipinski definition) is 3. The number of hydrogen-bond donors (Lipinski definition) is 2. The molecule has 5 heteroatoms. The second-order valence-corrected chi connectivity index (χ2v) is 5.71. The highest BCUT2D eigenvalue weighted by molar-refractivity contribution is 6.30. The van der Waals surface area contributed by atoms with E-state index in [2.05, 4.69) is 5.32 Å². The molecule has 0 unspecified atom stereocenters. The number of amides is 1. The summed E-state index contributed by atoms with van der Waals surface area (Å²) in [6.45, 7) is 5.63. The Morgan fingerprint density at radius 2 is 1.77 bits per heavy atom. The highest BCUT2D eigenvalue weighted by Gasteiger charge is 2.10. The minimum Gasteiger partial charge on any atom is -0.483 e. The zero-order chi connectivity index (χ0) is 16.3. The molecule has 0 saturated heterocycles. The molecule has 2 aromatic rings. The molecule has 0 aromatic heterocycles. The summed E-state index contributed by atoms with van der Waals surface area (Å²) in [5.74, 6) is 0.427. The van der Waals surface area contributed by atoms with Gasteiger partial charge in [0.05, 0.1) is 0 Å². The van der Waals surface area contributed by atoms with Gasteiger partial charge in [0, 0.05) is 16.4 Å². The second-order valence-electron chi connectivity index (χ2n) is 5.28. The Morgan fingerprint density at radius 3 is 2.36 bits per heavy atom. The maximum atomic E-state index is 12.1. The van der Waals surface area contributed by atoms with Crippen molar-refractivity contribution < 1.29 is 9.53 Å². The fourth-order valence-electron chi connectivity index (χ4n) is 2.29. The van der Waals surface area contributed by atoms with Crippen LogP contribution in [0.2, 0.25) is 5.02 Å². The Morgan fingerprint density at radius 1 is 1.14 bits per heavy atom. The van der Waals surface area contributed by atoms with Gasteiger partial charge >= 0.3 is 0 Å². The van der Waals surface area contributed by atoms with E-state index in [1.54, 1.807) is 18.2 Å². The molecule has 116 valence electrons. The molecular weight excluding hydrogens is 300 g/mol. The summed E-state index contributed by atoms with van der Waals surface area (Å²) in [5, 5.41) is 3.50. The van der Waals surface area contributed by atoms with Crippen molar-refractivity contribution in [3.05, 3.63) is 52.0 Å². The van der Waals surface area contributed by atoms with Crippen LogP contribution in [0.4, 0.5) is 11.4 Å². The predicted molar refractivity (Wildman–Crippen MR) is 90.6 cm³/mol. The van der Waals surface area contributed by atoms with Crippen molar-refractivity contribution in [3.63, 3.8) is 0 Å². The molecule has 0 aliphatic carbocycles. The van der Waals surface area contributed by atoms with Gasteiger partial charge in [-0.15, -0.1) is 0 Å². The van der Waals surface area contributed by atoms with Gasteiger partial charge in [-0.2, -0.15) is 0 Å². The Bertz CT molecular complexity index is 691. The molecule has 0 saturated carbocycles. The van der Waals surface area contributed by atoms with Crippen molar-refractivity contribution >= 4 is 28.9 Å². The molecule has 0 spiro atoms. The van der Waals surface area contributed by atoms with E-state index in [0.717, 1.165) is 22.4 Å². The lowest BCUT2D eigenvalue weighted by molar-refractivity contribution is -0.118. The molecule has 2 rings (SSSR count). The zero-order valence-corrected chi connectivity index (χ0v) is 13.6. The van der Waals surface area contributed by atoms with Gasteiger partial charge in [-0.1, -0.05) is 11.6 Å². The van der Waals surface area contributed by atoms with Crippen molar-refractivity contribution in [2.24, 2.45) is 0 Å². The number of anilines is 2. The highest BCUT2D eigenvalue weighted by atomic mass is 35.5. The lowest BCUT2D eigenvalue weighted by Gasteiger charge is -2.14. The fourth-order valence-corrected chi connectivity index (χ4v) is 2.51. The maximum absolute atomic E-state index is 12.1.